The molecular formula is C22H19BrClN3O3S. The van der Waals surface area contributed by atoms with Crippen LogP contribution in [0.3, 0.4) is 0 Å². The van der Waals surface area contributed by atoms with Crippen molar-refractivity contribution < 1.29 is 13.2 Å². The quantitative estimate of drug-likeness (QED) is 0.360. The number of hydrazone groups is 1. The maximum Gasteiger partial charge on any atom is 0.264 e. The lowest BCUT2D eigenvalue weighted by molar-refractivity contribution is -0.119. The van der Waals surface area contributed by atoms with E-state index in [1.807, 2.05) is 24.3 Å². The highest BCUT2D eigenvalue weighted by atomic mass is 79.9. The average molecular weight is 521 g/mol. The molecule has 0 spiro atoms. The number of halogens is 2. The molecule has 9 heteroatoms. The molecule has 3 rings (SSSR count). The lowest BCUT2D eigenvalue weighted by Gasteiger charge is -2.25. The molecule has 3 aromatic carbocycles. The molecule has 0 atom stereocenters. The second-order valence-corrected chi connectivity index (χ2v) is 9.72. The predicted octanol–water partition coefficient (Wildman–Crippen LogP) is 4.76. The fourth-order valence-corrected chi connectivity index (χ4v) is 4.96. The number of sulfonamides is 1. The fourth-order valence-electron chi connectivity index (χ4n) is 2.84. The number of anilines is 1. The van der Waals surface area contributed by atoms with E-state index in [1.54, 1.807) is 43.3 Å². The number of benzene rings is 3. The Kier molecular flexibility index (Phi) is 7.48. The molecule has 0 unspecified atom stereocenters. The van der Waals surface area contributed by atoms with Crippen LogP contribution in [0.4, 0.5) is 5.69 Å². The molecule has 31 heavy (non-hydrogen) atoms. The van der Waals surface area contributed by atoms with Crippen LogP contribution >= 0.6 is 27.5 Å². The zero-order valence-corrected chi connectivity index (χ0v) is 19.7. The number of hydrogen-bond acceptors (Lipinski definition) is 4. The van der Waals surface area contributed by atoms with Gasteiger partial charge >= 0.3 is 0 Å². The minimum absolute atomic E-state index is 0.0777. The monoisotopic (exact) mass is 519 g/mol. The van der Waals surface area contributed by atoms with Gasteiger partial charge in [0.25, 0.3) is 15.9 Å². The van der Waals surface area contributed by atoms with E-state index in [1.165, 1.54) is 18.3 Å². The van der Waals surface area contributed by atoms with Gasteiger partial charge in [-0.1, -0.05) is 63.9 Å². The number of carbonyl (C=O) groups excluding carboxylic acids is 1. The Morgan fingerprint density at radius 2 is 1.77 bits per heavy atom. The van der Waals surface area contributed by atoms with E-state index in [9.17, 15) is 13.2 Å². The molecule has 0 heterocycles. The molecule has 3 aromatic rings. The Morgan fingerprint density at radius 3 is 2.45 bits per heavy atom. The molecule has 0 saturated carbocycles. The minimum Gasteiger partial charge on any atom is -0.271 e. The average Bonchev–Trinajstić information content (AvgIpc) is 2.74. The zero-order chi connectivity index (χ0) is 22.4. The van der Waals surface area contributed by atoms with E-state index in [0.29, 0.717) is 16.3 Å². The summed E-state index contributed by atoms with van der Waals surface area (Å²) in [6, 6.07) is 20.1. The van der Waals surface area contributed by atoms with Crippen molar-refractivity contribution in [3.8, 4) is 0 Å². The van der Waals surface area contributed by atoms with Crippen molar-refractivity contribution in [3.63, 3.8) is 0 Å². The first kappa shape index (κ1) is 23.0. The van der Waals surface area contributed by atoms with Gasteiger partial charge in [0.15, 0.2) is 0 Å². The van der Waals surface area contributed by atoms with E-state index in [4.69, 9.17) is 11.6 Å². The Bertz CT molecular complexity index is 1220. The topological polar surface area (TPSA) is 78.8 Å². The third-order valence-electron chi connectivity index (χ3n) is 4.34. The Balaban J connectivity index is 1.88. The van der Waals surface area contributed by atoms with Crippen LogP contribution in [0.2, 0.25) is 5.02 Å². The van der Waals surface area contributed by atoms with Crippen molar-refractivity contribution in [3.05, 3.63) is 93.4 Å². The van der Waals surface area contributed by atoms with Crippen molar-refractivity contribution in [2.75, 3.05) is 10.8 Å². The molecule has 0 fully saturated rings. The largest absolute Gasteiger partial charge is 0.271 e. The highest BCUT2D eigenvalue weighted by Gasteiger charge is 2.28. The van der Waals surface area contributed by atoms with Crippen LogP contribution in [-0.2, 0) is 14.8 Å². The third kappa shape index (κ3) is 5.72. The molecule has 1 N–H and O–H groups in total. The maximum absolute atomic E-state index is 13.3. The molecule has 0 aliphatic carbocycles. The number of carbonyl (C=O) groups is 1. The third-order valence-corrected chi connectivity index (χ3v) is 7.08. The van der Waals surface area contributed by atoms with Crippen LogP contribution in [0.25, 0.3) is 0 Å². The highest BCUT2D eigenvalue weighted by Crippen LogP contribution is 2.28. The van der Waals surface area contributed by atoms with Crippen LogP contribution in [0.15, 0.2) is 87.3 Å². The van der Waals surface area contributed by atoms with Gasteiger partial charge in [-0.15, -0.1) is 0 Å². The molecule has 160 valence electrons. The van der Waals surface area contributed by atoms with Crippen molar-refractivity contribution in [1.82, 2.24) is 5.43 Å². The summed E-state index contributed by atoms with van der Waals surface area (Å²) in [5, 5.41) is 4.42. The van der Waals surface area contributed by atoms with Gasteiger partial charge in [0.1, 0.15) is 6.54 Å². The second-order valence-electron chi connectivity index (χ2n) is 6.57. The standard InChI is InChI=1S/C22H19BrClN3O3S/c1-16-13-18(24)11-12-21(16)27(31(29,30)19-8-3-2-4-9-19)15-22(28)26-25-14-17-7-5-6-10-20(17)23/h2-14H,15H2,1H3,(H,26,28)/b25-14-. The summed E-state index contributed by atoms with van der Waals surface area (Å²) in [6.45, 7) is 1.28. The first-order chi connectivity index (χ1) is 14.8. The SMILES string of the molecule is Cc1cc(Cl)ccc1N(CC(=O)N/N=C\c1ccccc1Br)S(=O)(=O)c1ccccc1. The lowest BCUT2D eigenvalue weighted by Crippen LogP contribution is -2.40. The zero-order valence-electron chi connectivity index (χ0n) is 16.5. The summed E-state index contributed by atoms with van der Waals surface area (Å²) in [4.78, 5) is 12.7. The first-order valence-electron chi connectivity index (χ1n) is 9.19. The first-order valence-corrected chi connectivity index (χ1v) is 11.8. The number of nitrogens with zero attached hydrogens (tertiary/aromatic N) is 2. The number of hydrogen-bond donors (Lipinski definition) is 1. The predicted molar refractivity (Wildman–Crippen MR) is 127 cm³/mol. The van der Waals surface area contributed by atoms with Gasteiger partial charge in [0.2, 0.25) is 0 Å². The van der Waals surface area contributed by atoms with Crippen LogP contribution < -0.4 is 9.73 Å². The van der Waals surface area contributed by atoms with Crippen LogP contribution in [0.1, 0.15) is 11.1 Å². The molecule has 1 amide bonds. The molecule has 0 aromatic heterocycles. The molecule has 0 aliphatic rings. The molecule has 0 bridgehead atoms. The lowest BCUT2D eigenvalue weighted by atomic mass is 10.2. The van der Waals surface area contributed by atoms with E-state index >= 15 is 0 Å². The minimum atomic E-state index is -4.00. The number of nitrogens with one attached hydrogen (secondary N) is 1. The Hall–Kier alpha value is -2.68. The highest BCUT2D eigenvalue weighted by molar-refractivity contribution is 9.10. The fraction of sp³-hybridized carbons (Fsp3) is 0.0909. The molecule has 0 aliphatic heterocycles. The van der Waals surface area contributed by atoms with Crippen molar-refractivity contribution in [2.45, 2.75) is 11.8 Å². The second kappa shape index (κ2) is 10.1. The number of amides is 1. The number of aryl methyl sites for hydroxylation is 1. The summed E-state index contributed by atoms with van der Waals surface area (Å²) in [6.07, 6.45) is 1.48. The van der Waals surface area contributed by atoms with Gasteiger partial charge in [-0.2, -0.15) is 5.10 Å². The van der Waals surface area contributed by atoms with Crippen LogP contribution in [0.5, 0.6) is 0 Å². The summed E-state index contributed by atoms with van der Waals surface area (Å²) >= 11 is 9.43. The van der Waals surface area contributed by atoms with E-state index in [2.05, 4.69) is 26.5 Å². The van der Waals surface area contributed by atoms with Gasteiger partial charge in [-0.25, -0.2) is 13.8 Å². The molecule has 0 saturated heterocycles. The Labute approximate surface area is 194 Å². The number of rotatable bonds is 7. The smallest absolute Gasteiger partial charge is 0.264 e. The van der Waals surface area contributed by atoms with E-state index in [0.717, 1.165) is 14.3 Å². The van der Waals surface area contributed by atoms with E-state index in [-0.39, 0.29) is 4.90 Å². The van der Waals surface area contributed by atoms with Gasteiger partial charge in [0, 0.05) is 15.1 Å². The van der Waals surface area contributed by atoms with Gasteiger partial charge < -0.3 is 0 Å². The molecule has 6 nitrogen and oxygen atoms in total. The van der Waals surface area contributed by atoms with Gasteiger partial charge in [0.05, 0.1) is 16.8 Å². The summed E-state index contributed by atoms with van der Waals surface area (Å²) in [5.41, 5.74) is 4.14. The van der Waals surface area contributed by atoms with Crippen LogP contribution in [-0.4, -0.2) is 27.1 Å². The van der Waals surface area contributed by atoms with Crippen molar-refractivity contribution in [1.29, 1.82) is 0 Å². The Morgan fingerprint density at radius 1 is 1.10 bits per heavy atom. The van der Waals surface area contributed by atoms with E-state index < -0.39 is 22.5 Å². The van der Waals surface area contributed by atoms with Gasteiger partial charge in [-0.05, 0) is 48.9 Å². The molecule has 0 radical (unpaired) electrons. The van der Waals surface area contributed by atoms with Gasteiger partial charge in [-0.3, -0.25) is 9.10 Å². The normalized spacial score (nSPS) is 11.5. The summed E-state index contributed by atoms with van der Waals surface area (Å²) in [5.74, 6) is -0.586. The van der Waals surface area contributed by atoms with Crippen molar-refractivity contribution in [2.24, 2.45) is 5.10 Å². The summed E-state index contributed by atoms with van der Waals surface area (Å²) in [7, 11) is -4.00. The molecular weight excluding hydrogens is 502 g/mol. The summed E-state index contributed by atoms with van der Waals surface area (Å²) < 4.78 is 28.5. The maximum atomic E-state index is 13.3. The van der Waals surface area contributed by atoms with Crippen molar-refractivity contribution >= 4 is 55.4 Å². The van der Waals surface area contributed by atoms with Crippen LogP contribution in [0, 0.1) is 6.92 Å².